The zero-order valence-electron chi connectivity index (χ0n) is 18.0. The highest BCUT2D eigenvalue weighted by Gasteiger charge is 2.23. The fourth-order valence-corrected chi connectivity index (χ4v) is 3.81. The van der Waals surface area contributed by atoms with Crippen LogP contribution >= 0.6 is 11.6 Å². The van der Waals surface area contributed by atoms with Gasteiger partial charge >= 0.3 is 0 Å². The maximum absolute atomic E-state index is 13.9. The minimum Gasteiger partial charge on any atom is -0.508 e. The number of carbonyl (C=O) groups is 1. The van der Waals surface area contributed by atoms with Crippen molar-refractivity contribution >= 4 is 34.6 Å². The summed E-state index contributed by atoms with van der Waals surface area (Å²) < 4.78 is 5.44. The van der Waals surface area contributed by atoms with Crippen LogP contribution in [0.25, 0.3) is 0 Å². The van der Waals surface area contributed by atoms with Crippen LogP contribution in [0, 0.1) is 0 Å². The van der Waals surface area contributed by atoms with Gasteiger partial charge in [0.25, 0.3) is 5.91 Å². The Morgan fingerprint density at radius 1 is 0.879 bits per heavy atom. The Balaban J connectivity index is 1.76. The Kier molecular flexibility index (Phi) is 6.81. The smallest absolute Gasteiger partial charge is 0.260 e. The first-order valence-corrected chi connectivity index (χ1v) is 10.8. The number of rotatable bonds is 7. The molecule has 166 valence electrons. The van der Waals surface area contributed by atoms with Gasteiger partial charge in [-0.25, -0.2) is 0 Å². The molecule has 0 bridgehead atoms. The van der Waals surface area contributed by atoms with Gasteiger partial charge in [0.1, 0.15) is 11.5 Å². The molecule has 0 fully saturated rings. The molecule has 0 aromatic heterocycles. The Labute approximate surface area is 197 Å². The third-order valence-corrected chi connectivity index (χ3v) is 5.56. The first-order valence-electron chi connectivity index (χ1n) is 10.4. The monoisotopic (exact) mass is 458 g/mol. The molecule has 5 nitrogen and oxygen atoms in total. The van der Waals surface area contributed by atoms with Crippen molar-refractivity contribution in [2.75, 3.05) is 17.3 Å². The van der Waals surface area contributed by atoms with Crippen molar-refractivity contribution in [2.24, 2.45) is 0 Å². The molecule has 33 heavy (non-hydrogen) atoms. The van der Waals surface area contributed by atoms with Gasteiger partial charge in [0, 0.05) is 5.56 Å². The van der Waals surface area contributed by atoms with E-state index in [4.69, 9.17) is 16.3 Å². The zero-order valence-corrected chi connectivity index (χ0v) is 18.8. The predicted octanol–water partition coefficient (Wildman–Crippen LogP) is 6.64. The molecule has 4 rings (SSSR count). The summed E-state index contributed by atoms with van der Waals surface area (Å²) in [6.07, 6.45) is 0. The molecule has 0 radical (unpaired) electrons. The summed E-state index contributed by atoms with van der Waals surface area (Å²) >= 11 is 6.48. The molecule has 0 atom stereocenters. The first kappa shape index (κ1) is 22.2. The van der Waals surface area contributed by atoms with Crippen LogP contribution in [0.3, 0.4) is 0 Å². The van der Waals surface area contributed by atoms with E-state index in [2.05, 4.69) is 5.32 Å². The van der Waals surface area contributed by atoms with Gasteiger partial charge < -0.3 is 20.1 Å². The standard InChI is InChI=1S/C27H23ClN2O3/c1-33-26-17-9-6-14-23(26)29-22-13-5-3-11-20(22)27(32)30(24-15-7-4-12-21(24)28)18-19-10-2-8-16-25(19)31/h2-17,29,31H,18H2,1H3. The van der Waals surface area contributed by atoms with Crippen molar-refractivity contribution < 1.29 is 14.6 Å². The van der Waals surface area contributed by atoms with E-state index in [-0.39, 0.29) is 18.2 Å². The topological polar surface area (TPSA) is 61.8 Å². The van der Waals surface area contributed by atoms with Gasteiger partial charge in [-0.3, -0.25) is 4.79 Å². The molecule has 0 unspecified atom stereocenters. The van der Waals surface area contributed by atoms with Crippen LogP contribution in [0.15, 0.2) is 97.1 Å². The number of phenolic OH excluding ortho intramolecular Hbond substituents is 1. The summed E-state index contributed by atoms with van der Waals surface area (Å²) in [6, 6.07) is 28.9. The van der Waals surface area contributed by atoms with E-state index >= 15 is 0 Å². The molecule has 0 aliphatic carbocycles. The minimum atomic E-state index is -0.260. The number of anilines is 3. The number of amides is 1. The molecular weight excluding hydrogens is 436 g/mol. The number of hydrogen-bond acceptors (Lipinski definition) is 4. The first-order chi connectivity index (χ1) is 16.1. The molecule has 6 heteroatoms. The normalized spacial score (nSPS) is 10.5. The maximum Gasteiger partial charge on any atom is 0.260 e. The van der Waals surface area contributed by atoms with Crippen molar-refractivity contribution in [1.82, 2.24) is 0 Å². The van der Waals surface area contributed by atoms with E-state index in [1.165, 1.54) is 0 Å². The van der Waals surface area contributed by atoms with Crippen molar-refractivity contribution in [3.8, 4) is 11.5 Å². The number of hydrogen-bond donors (Lipinski definition) is 2. The van der Waals surface area contributed by atoms with Crippen molar-refractivity contribution in [3.63, 3.8) is 0 Å². The summed E-state index contributed by atoms with van der Waals surface area (Å²) in [7, 11) is 1.60. The SMILES string of the molecule is COc1ccccc1Nc1ccccc1C(=O)N(Cc1ccccc1O)c1ccccc1Cl. The molecule has 0 saturated carbocycles. The van der Waals surface area contributed by atoms with Crippen molar-refractivity contribution in [3.05, 3.63) is 113 Å². The lowest BCUT2D eigenvalue weighted by atomic mass is 10.1. The molecule has 0 aliphatic heterocycles. The van der Waals surface area contributed by atoms with Crippen LogP contribution in [-0.2, 0) is 6.54 Å². The fraction of sp³-hybridized carbons (Fsp3) is 0.0741. The lowest BCUT2D eigenvalue weighted by molar-refractivity contribution is 0.0986. The van der Waals surface area contributed by atoms with Crippen LogP contribution in [-0.4, -0.2) is 18.1 Å². The highest BCUT2D eigenvalue weighted by molar-refractivity contribution is 6.34. The maximum atomic E-state index is 13.9. The molecule has 1 amide bonds. The second kappa shape index (κ2) is 10.1. The summed E-state index contributed by atoms with van der Waals surface area (Å²) in [5.41, 5.74) is 2.99. The van der Waals surface area contributed by atoms with E-state index in [1.807, 2.05) is 60.7 Å². The van der Waals surface area contributed by atoms with Gasteiger partial charge in [-0.05, 0) is 42.5 Å². The predicted molar refractivity (Wildman–Crippen MR) is 133 cm³/mol. The van der Waals surface area contributed by atoms with Gasteiger partial charge in [-0.15, -0.1) is 0 Å². The Morgan fingerprint density at radius 3 is 2.27 bits per heavy atom. The molecule has 4 aromatic rings. The van der Waals surface area contributed by atoms with Crippen molar-refractivity contribution in [1.29, 1.82) is 0 Å². The van der Waals surface area contributed by atoms with E-state index in [0.29, 0.717) is 33.3 Å². The fourth-order valence-electron chi connectivity index (χ4n) is 3.57. The Bertz CT molecular complexity index is 1280. The van der Waals surface area contributed by atoms with Gasteiger partial charge in [0.15, 0.2) is 0 Å². The van der Waals surface area contributed by atoms with E-state index in [9.17, 15) is 9.90 Å². The number of methoxy groups -OCH3 is 1. The summed E-state index contributed by atoms with van der Waals surface area (Å²) in [6.45, 7) is 0.151. The largest absolute Gasteiger partial charge is 0.508 e. The van der Waals surface area contributed by atoms with Crippen molar-refractivity contribution in [2.45, 2.75) is 6.54 Å². The van der Waals surface area contributed by atoms with Gasteiger partial charge in [-0.1, -0.05) is 66.2 Å². The lowest BCUT2D eigenvalue weighted by Crippen LogP contribution is -2.31. The molecule has 0 aliphatic rings. The molecule has 0 spiro atoms. The number of phenols is 1. The second-order valence-electron chi connectivity index (χ2n) is 7.34. The number of halogens is 1. The molecule has 4 aromatic carbocycles. The number of carbonyl (C=O) groups excluding carboxylic acids is 1. The van der Waals surface area contributed by atoms with E-state index < -0.39 is 0 Å². The zero-order chi connectivity index (χ0) is 23.2. The molecule has 0 heterocycles. The third kappa shape index (κ3) is 4.94. The highest BCUT2D eigenvalue weighted by Crippen LogP contribution is 2.33. The quantitative estimate of drug-likeness (QED) is 0.325. The summed E-state index contributed by atoms with van der Waals surface area (Å²) in [4.78, 5) is 15.5. The number of para-hydroxylation sites is 5. The Hall–Kier alpha value is -3.96. The molecule has 0 saturated heterocycles. The lowest BCUT2D eigenvalue weighted by Gasteiger charge is -2.26. The average Bonchev–Trinajstić information content (AvgIpc) is 2.84. The minimum absolute atomic E-state index is 0.114. The van der Waals surface area contributed by atoms with Crippen LogP contribution in [0.1, 0.15) is 15.9 Å². The number of nitrogens with zero attached hydrogens (tertiary/aromatic N) is 1. The average molecular weight is 459 g/mol. The number of benzene rings is 4. The van der Waals surface area contributed by atoms with Gasteiger partial charge in [-0.2, -0.15) is 0 Å². The second-order valence-corrected chi connectivity index (χ2v) is 7.75. The third-order valence-electron chi connectivity index (χ3n) is 5.24. The van der Waals surface area contributed by atoms with Gasteiger partial charge in [0.2, 0.25) is 0 Å². The molecular formula is C27H23ClN2O3. The summed E-state index contributed by atoms with van der Waals surface area (Å²) in [5, 5.41) is 14.1. The van der Waals surface area contributed by atoms with Crippen LogP contribution in [0.2, 0.25) is 5.02 Å². The van der Waals surface area contributed by atoms with E-state index in [0.717, 1.165) is 5.69 Å². The van der Waals surface area contributed by atoms with Crippen LogP contribution in [0.5, 0.6) is 11.5 Å². The molecule has 2 N–H and O–H groups in total. The Morgan fingerprint density at radius 2 is 1.52 bits per heavy atom. The highest BCUT2D eigenvalue weighted by atomic mass is 35.5. The summed E-state index contributed by atoms with van der Waals surface area (Å²) in [5.74, 6) is 0.518. The van der Waals surface area contributed by atoms with Crippen LogP contribution < -0.4 is 15.0 Å². The van der Waals surface area contributed by atoms with Gasteiger partial charge in [0.05, 0.1) is 41.3 Å². The number of aromatic hydroxyl groups is 1. The number of ether oxygens (including phenoxy) is 1. The van der Waals surface area contributed by atoms with Crippen LogP contribution in [0.4, 0.5) is 17.1 Å². The van der Waals surface area contributed by atoms with E-state index in [1.54, 1.807) is 48.4 Å². The number of nitrogens with one attached hydrogen (secondary N) is 1.